The molecule has 34 heavy (non-hydrogen) atoms. The fraction of sp³-hybridized carbons (Fsp3) is 0.435. The summed E-state index contributed by atoms with van der Waals surface area (Å²) in [5.74, 6) is -2.20. The lowest BCUT2D eigenvalue weighted by Gasteiger charge is -2.39. The van der Waals surface area contributed by atoms with Crippen molar-refractivity contribution < 1.29 is 28.6 Å². The fourth-order valence-corrected chi connectivity index (χ4v) is 3.35. The minimum atomic E-state index is -0.939. The molecule has 0 aliphatic carbocycles. The highest BCUT2D eigenvalue weighted by Gasteiger charge is 2.34. The molecule has 1 aliphatic heterocycles. The van der Waals surface area contributed by atoms with Crippen molar-refractivity contribution in [1.82, 2.24) is 19.8 Å². The molecule has 11 heteroatoms. The van der Waals surface area contributed by atoms with Crippen LogP contribution in [-0.4, -0.2) is 77.2 Å². The molecule has 1 unspecified atom stereocenters. The summed E-state index contributed by atoms with van der Waals surface area (Å²) in [7, 11) is 2.93. The van der Waals surface area contributed by atoms with Gasteiger partial charge in [-0.2, -0.15) is 0 Å². The van der Waals surface area contributed by atoms with Crippen molar-refractivity contribution in [1.29, 1.82) is 0 Å². The van der Waals surface area contributed by atoms with Gasteiger partial charge in [0.1, 0.15) is 11.4 Å². The summed E-state index contributed by atoms with van der Waals surface area (Å²) in [6.45, 7) is 6.38. The van der Waals surface area contributed by atoms with Crippen LogP contribution < -0.4 is 10.3 Å². The Morgan fingerprint density at radius 2 is 1.76 bits per heavy atom. The number of esters is 2. The first-order valence-corrected chi connectivity index (χ1v) is 10.7. The van der Waals surface area contributed by atoms with Gasteiger partial charge in [0.25, 0.3) is 5.56 Å². The van der Waals surface area contributed by atoms with Crippen LogP contribution in [0.5, 0.6) is 5.75 Å². The topological polar surface area (TPSA) is 131 Å². The number of methoxy groups -OCH3 is 1. The van der Waals surface area contributed by atoms with Gasteiger partial charge in [0.2, 0.25) is 5.75 Å². The number of benzene rings is 1. The maximum Gasteiger partial charge on any atom is 0.410 e. The number of aromatic amines is 1. The zero-order valence-electron chi connectivity index (χ0n) is 19.8. The molecule has 0 bridgehead atoms. The fourth-order valence-electron chi connectivity index (χ4n) is 3.35. The van der Waals surface area contributed by atoms with Crippen LogP contribution >= 0.6 is 0 Å². The lowest BCUT2D eigenvalue weighted by molar-refractivity contribution is 0.00636. The van der Waals surface area contributed by atoms with Gasteiger partial charge in [-0.3, -0.25) is 9.69 Å². The largest absolute Gasteiger partial charge is 0.464 e. The first kappa shape index (κ1) is 24.9. The van der Waals surface area contributed by atoms with Crippen LogP contribution in [0.3, 0.4) is 0 Å². The number of piperazine rings is 1. The molecular formula is C23H28N4O7. The van der Waals surface area contributed by atoms with Gasteiger partial charge in [0, 0.05) is 19.6 Å². The first-order valence-electron chi connectivity index (χ1n) is 10.7. The van der Waals surface area contributed by atoms with Gasteiger partial charge in [-0.25, -0.2) is 19.4 Å². The molecule has 2 heterocycles. The Hall–Kier alpha value is -3.73. The number of H-pyrrole nitrogens is 1. The third-order valence-corrected chi connectivity index (χ3v) is 5.09. The van der Waals surface area contributed by atoms with Crippen molar-refractivity contribution in [3.63, 3.8) is 0 Å². The van der Waals surface area contributed by atoms with Crippen LogP contribution in [-0.2, 0) is 9.47 Å². The van der Waals surface area contributed by atoms with E-state index in [9.17, 15) is 19.2 Å². The third kappa shape index (κ3) is 5.79. The molecule has 0 saturated carbocycles. The molecule has 1 aliphatic rings. The minimum Gasteiger partial charge on any atom is -0.464 e. The predicted octanol–water partition coefficient (Wildman–Crippen LogP) is 2.00. The van der Waals surface area contributed by atoms with Crippen LogP contribution in [0.1, 0.15) is 53.5 Å². The molecule has 3 rings (SSSR count). The molecule has 11 nitrogen and oxygen atoms in total. The molecule has 1 aromatic heterocycles. The van der Waals surface area contributed by atoms with Gasteiger partial charge in [-0.05, 0) is 40.0 Å². The van der Waals surface area contributed by atoms with Crippen LogP contribution in [0.2, 0.25) is 0 Å². The predicted molar refractivity (Wildman–Crippen MR) is 121 cm³/mol. The molecule has 0 radical (unpaired) electrons. The smallest absolute Gasteiger partial charge is 0.410 e. The van der Waals surface area contributed by atoms with Crippen LogP contribution in [0.25, 0.3) is 0 Å². The van der Waals surface area contributed by atoms with Gasteiger partial charge in [0.15, 0.2) is 5.69 Å². The van der Waals surface area contributed by atoms with Crippen LogP contribution in [0.15, 0.2) is 35.1 Å². The number of hydrogen-bond donors (Lipinski definition) is 1. The summed E-state index contributed by atoms with van der Waals surface area (Å²) >= 11 is 0. The van der Waals surface area contributed by atoms with Crippen LogP contribution in [0.4, 0.5) is 4.79 Å². The minimum absolute atomic E-state index is 0.126. The van der Waals surface area contributed by atoms with E-state index in [2.05, 4.69) is 9.97 Å². The van der Waals surface area contributed by atoms with E-state index in [1.807, 2.05) is 4.90 Å². The second-order valence-corrected chi connectivity index (χ2v) is 8.80. The molecule has 1 fully saturated rings. The Balaban J connectivity index is 1.93. The summed E-state index contributed by atoms with van der Waals surface area (Å²) in [5.41, 5.74) is -1.72. The molecule has 182 valence electrons. The van der Waals surface area contributed by atoms with E-state index in [-0.39, 0.29) is 17.9 Å². The Labute approximate surface area is 196 Å². The lowest BCUT2D eigenvalue weighted by atomic mass is 10.1. The number of aromatic nitrogens is 2. The number of rotatable bonds is 4. The van der Waals surface area contributed by atoms with Crippen molar-refractivity contribution in [3.8, 4) is 5.75 Å². The van der Waals surface area contributed by atoms with Crippen LogP contribution in [0, 0.1) is 0 Å². The van der Waals surface area contributed by atoms with Gasteiger partial charge in [0.05, 0.1) is 18.7 Å². The number of nitrogens with zero attached hydrogens (tertiary/aromatic N) is 3. The molecule has 1 amide bonds. The SMILES string of the molecule is COC(=O)c1nc(C2CN(C(=O)OC(C)(C)C)CCN2C)[nH]c(=O)c1OC(=O)c1ccccc1. The molecule has 1 aromatic carbocycles. The number of hydrogen-bond acceptors (Lipinski definition) is 9. The Morgan fingerprint density at radius 3 is 2.38 bits per heavy atom. The average molecular weight is 472 g/mol. The van der Waals surface area contributed by atoms with Crippen molar-refractivity contribution in [2.24, 2.45) is 0 Å². The van der Waals surface area contributed by atoms with Gasteiger partial charge in [-0.1, -0.05) is 18.2 Å². The molecule has 1 N–H and O–H groups in total. The molecule has 1 atom stereocenters. The quantitative estimate of drug-likeness (QED) is 0.664. The number of likely N-dealkylation sites (N-methyl/N-ethyl adjacent to an activating group) is 1. The zero-order valence-corrected chi connectivity index (χ0v) is 19.8. The molecule has 0 spiro atoms. The van der Waals surface area contributed by atoms with Crippen molar-refractivity contribution in [2.45, 2.75) is 32.4 Å². The summed E-state index contributed by atoms with van der Waals surface area (Å²) in [6.07, 6.45) is -0.491. The highest BCUT2D eigenvalue weighted by Crippen LogP contribution is 2.24. The van der Waals surface area contributed by atoms with Gasteiger partial charge < -0.3 is 24.1 Å². The summed E-state index contributed by atoms with van der Waals surface area (Å²) in [4.78, 5) is 60.6. The maximum atomic E-state index is 12.9. The normalized spacial score (nSPS) is 16.6. The standard InChI is InChI=1S/C23H28N4O7/c1-23(2,3)34-22(31)27-12-11-26(4)15(13-27)18-24-16(21(30)32-5)17(19(28)25-18)33-20(29)14-9-7-6-8-10-14/h6-10,15H,11-13H2,1-5H3,(H,24,25,28). The Bertz CT molecular complexity index is 1120. The first-order chi connectivity index (χ1) is 16.0. The van der Waals surface area contributed by atoms with E-state index >= 15 is 0 Å². The van der Waals surface area contributed by atoms with Crippen molar-refractivity contribution >= 4 is 18.0 Å². The average Bonchev–Trinajstić information content (AvgIpc) is 2.79. The number of carbonyl (C=O) groups is 3. The van der Waals surface area contributed by atoms with E-state index in [4.69, 9.17) is 14.2 Å². The molecule has 1 saturated heterocycles. The van der Waals surface area contributed by atoms with Gasteiger partial charge >= 0.3 is 18.0 Å². The van der Waals surface area contributed by atoms with E-state index in [1.54, 1.807) is 46.0 Å². The number of ether oxygens (including phenoxy) is 3. The maximum absolute atomic E-state index is 12.9. The van der Waals surface area contributed by atoms with Crippen molar-refractivity contribution in [3.05, 3.63) is 57.8 Å². The second-order valence-electron chi connectivity index (χ2n) is 8.80. The van der Waals surface area contributed by atoms with Crippen molar-refractivity contribution in [2.75, 3.05) is 33.8 Å². The molecular weight excluding hydrogens is 444 g/mol. The van der Waals surface area contributed by atoms with E-state index in [0.717, 1.165) is 7.11 Å². The Kier molecular flexibility index (Phi) is 7.35. The summed E-state index contributed by atoms with van der Waals surface area (Å²) in [6, 6.07) is 7.48. The number of nitrogens with one attached hydrogen (secondary N) is 1. The van der Waals surface area contributed by atoms with E-state index in [0.29, 0.717) is 13.1 Å². The molecule has 2 aromatic rings. The monoisotopic (exact) mass is 472 g/mol. The lowest BCUT2D eigenvalue weighted by Crippen LogP contribution is -2.51. The third-order valence-electron chi connectivity index (χ3n) is 5.09. The summed E-state index contributed by atoms with van der Waals surface area (Å²) in [5, 5.41) is 0. The number of amides is 1. The number of carbonyl (C=O) groups excluding carboxylic acids is 3. The highest BCUT2D eigenvalue weighted by atomic mass is 16.6. The Morgan fingerprint density at radius 1 is 1.09 bits per heavy atom. The highest BCUT2D eigenvalue weighted by molar-refractivity contribution is 5.94. The second kappa shape index (κ2) is 10.0. The summed E-state index contributed by atoms with van der Waals surface area (Å²) < 4.78 is 15.4. The van der Waals surface area contributed by atoms with E-state index < -0.39 is 46.7 Å². The van der Waals surface area contributed by atoms with E-state index in [1.165, 1.54) is 17.0 Å². The van der Waals surface area contributed by atoms with Gasteiger partial charge in [-0.15, -0.1) is 0 Å². The zero-order chi connectivity index (χ0) is 25.0.